The molecule has 0 saturated carbocycles. The number of halogens is 1. The van der Waals surface area contributed by atoms with Gasteiger partial charge in [0.1, 0.15) is 11.6 Å². The highest BCUT2D eigenvalue weighted by Crippen LogP contribution is 2.40. The number of aromatic nitrogens is 2. The van der Waals surface area contributed by atoms with Crippen LogP contribution in [0, 0.1) is 5.82 Å². The monoisotopic (exact) mass is 497 g/mol. The summed E-state index contributed by atoms with van der Waals surface area (Å²) >= 11 is 0. The van der Waals surface area contributed by atoms with Crippen LogP contribution in [0.1, 0.15) is 29.8 Å². The number of anilines is 2. The number of para-hydroxylation sites is 2. The number of hydrogen-bond donors (Lipinski definition) is 3. The van der Waals surface area contributed by atoms with Gasteiger partial charge in [0, 0.05) is 61.8 Å². The summed E-state index contributed by atoms with van der Waals surface area (Å²) in [7, 11) is 1.76. The predicted molar refractivity (Wildman–Crippen MR) is 148 cm³/mol. The number of methoxy groups -OCH3 is 1. The Hall–Kier alpha value is -3.68. The molecule has 0 atom stereocenters. The van der Waals surface area contributed by atoms with E-state index < -0.39 is 0 Å². The van der Waals surface area contributed by atoms with Crippen molar-refractivity contribution in [2.75, 3.05) is 50.5 Å². The second-order valence-electron chi connectivity index (χ2n) is 9.83. The van der Waals surface area contributed by atoms with Crippen LogP contribution in [-0.2, 0) is 4.74 Å². The van der Waals surface area contributed by atoms with Crippen LogP contribution in [0.15, 0.2) is 66.7 Å². The van der Waals surface area contributed by atoms with Gasteiger partial charge < -0.3 is 25.3 Å². The van der Waals surface area contributed by atoms with E-state index in [1.54, 1.807) is 7.11 Å². The molecule has 0 aliphatic carbocycles. The van der Waals surface area contributed by atoms with E-state index >= 15 is 0 Å². The first-order valence-corrected chi connectivity index (χ1v) is 13.0. The molecule has 6 nitrogen and oxygen atoms in total. The van der Waals surface area contributed by atoms with Crippen LogP contribution in [0.25, 0.3) is 22.2 Å². The number of ether oxygens (including phenoxy) is 1. The molecule has 0 bridgehead atoms. The number of nitrogens with zero attached hydrogens (tertiary/aromatic N) is 2. The topological polar surface area (TPSA) is 65.2 Å². The zero-order valence-corrected chi connectivity index (χ0v) is 21.1. The quantitative estimate of drug-likeness (QED) is 0.310. The van der Waals surface area contributed by atoms with Gasteiger partial charge in [-0.2, -0.15) is 0 Å². The highest BCUT2D eigenvalue weighted by Gasteiger charge is 2.25. The maximum absolute atomic E-state index is 13.8. The lowest BCUT2D eigenvalue weighted by molar-refractivity contribution is 0.132. The fraction of sp³-hybridized carbons (Fsp3) is 0.300. The molecular formula is C30H32FN5O. The molecule has 0 spiro atoms. The van der Waals surface area contributed by atoms with Gasteiger partial charge in [-0.3, -0.25) is 0 Å². The third-order valence-electron chi connectivity index (χ3n) is 7.43. The van der Waals surface area contributed by atoms with E-state index in [4.69, 9.17) is 9.72 Å². The third kappa shape index (κ3) is 4.97. The Morgan fingerprint density at radius 2 is 1.89 bits per heavy atom. The van der Waals surface area contributed by atoms with Crippen LogP contribution in [0.5, 0.6) is 0 Å². The maximum atomic E-state index is 13.8. The third-order valence-corrected chi connectivity index (χ3v) is 7.43. The van der Waals surface area contributed by atoms with Crippen LogP contribution < -0.4 is 10.6 Å². The van der Waals surface area contributed by atoms with Crippen LogP contribution in [0.3, 0.4) is 0 Å². The Kier molecular flexibility index (Phi) is 6.64. The van der Waals surface area contributed by atoms with E-state index in [2.05, 4.69) is 38.7 Å². The minimum atomic E-state index is -0.248. The molecule has 3 N–H and O–H groups in total. The maximum Gasteiger partial charge on any atom is 0.139 e. The van der Waals surface area contributed by atoms with Gasteiger partial charge in [0.05, 0.1) is 17.6 Å². The second kappa shape index (κ2) is 10.4. The Morgan fingerprint density at radius 1 is 1.08 bits per heavy atom. The molecular weight excluding hydrogens is 465 g/mol. The van der Waals surface area contributed by atoms with Gasteiger partial charge in [-0.1, -0.05) is 24.3 Å². The molecule has 7 heteroatoms. The summed E-state index contributed by atoms with van der Waals surface area (Å²) in [6.45, 7) is 4.63. The molecule has 1 aromatic heterocycles. The van der Waals surface area contributed by atoms with Crippen LogP contribution in [0.4, 0.5) is 15.8 Å². The van der Waals surface area contributed by atoms with Gasteiger partial charge in [-0.05, 0) is 66.4 Å². The standard InChI is InChI=1S/C30H32FN5O/c1-37-17-16-36-14-12-22(13-15-36)33-23-10-11-26-24(18-23)25(19-32-26)29(20-6-8-21(31)9-7-20)30-34-27-4-2-3-5-28(27)35-30/h2-11,18,22,32-33H,12-17,19H2,1H3,(H,34,35). The summed E-state index contributed by atoms with van der Waals surface area (Å²) in [6.07, 6.45) is 2.23. The molecule has 37 heavy (non-hydrogen) atoms. The molecule has 1 saturated heterocycles. The van der Waals surface area contributed by atoms with Crippen LogP contribution >= 0.6 is 0 Å². The summed E-state index contributed by atoms with van der Waals surface area (Å²) in [5, 5.41) is 7.33. The van der Waals surface area contributed by atoms with Crippen molar-refractivity contribution in [1.29, 1.82) is 0 Å². The van der Waals surface area contributed by atoms with Crippen molar-refractivity contribution in [3.63, 3.8) is 0 Å². The number of piperidine rings is 1. The summed E-state index contributed by atoms with van der Waals surface area (Å²) in [5.74, 6) is 0.543. The summed E-state index contributed by atoms with van der Waals surface area (Å²) in [4.78, 5) is 10.9. The number of rotatable bonds is 7. The lowest BCUT2D eigenvalue weighted by Crippen LogP contribution is -2.40. The molecule has 6 rings (SSSR count). The Bertz CT molecular complexity index is 1390. The summed E-state index contributed by atoms with van der Waals surface area (Å²) in [5.41, 5.74) is 8.36. The average molecular weight is 498 g/mol. The van der Waals surface area contributed by atoms with Gasteiger partial charge >= 0.3 is 0 Å². The van der Waals surface area contributed by atoms with Crippen molar-refractivity contribution < 1.29 is 9.13 Å². The SMILES string of the molecule is COCCN1CCC(Nc2ccc3c(c2)C(=C(c2ccc(F)cc2)c2nc4ccccc4[nH]2)CN3)CC1. The molecule has 4 aromatic rings. The number of aromatic amines is 1. The Balaban J connectivity index is 1.34. The summed E-state index contributed by atoms with van der Waals surface area (Å²) < 4.78 is 19.1. The first-order valence-electron chi connectivity index (χ1n) is 13.0. The number of nitrogens with one attached hydrogen (secondary N) is 3. The van der Waals surface area contributed by atoms with E-state index in [-0.39, 0.29) is 5.82 Å². The second-order valence-corrected chi connectivity index (χ2v) is 9.83. The molecule has 2 aliphatic heterocycles. The van der Waals surface area contributed by atoms with Gasteiger partial charge in [-0.25, -0.2) is 9.37 Å². The first kappa shape index (κ1) is 23.7. The van der Waals surface area contributed by atoms with Crippen molar-refractivity contribution in [1.82, 2.24) is 14.9 Å². The molecule has 0 radical (unpaired) electrons. The molecule has 0 amide bonds. The van der Waals surface area contributed by atoms with Gasteiger partial charge in [0.2, 0.25) is 0 Å². The number of hydrogen-bond acceptors (Lipinski definition) is 5. The zero-order valence-electron chi connectivity index (χ0n) is 21.1. The highest BCUT2D eigenvalue weighted by molar-refractivity contribution is 6.04. The number of H-pyrrole nitrogens is 1. The van der Waals surface area contributed by atoms with E-state index in [0.717, 1.165) is 89.6 Å². The lowest BCUT2D eigenvalue weighted by Gasteiger charge is -2.32. The molecule has 2 aliphatic rings. The fourth-order valence-corrected chi connectivity index (χ4v) is 5.44. The van der Waals surface area contributed by atoms with Gasteiger partial charge in [-0.15, -0.1) is 0 Å². The molecule has 3 heterocycles. The number of fused-ring (bicyclic) bond motifs is 2. The lowest BCUT2D eigenvalue weighted by atomic mass is 9.94. The number of imidazole rings is 1. The summed E-state index contributed by atoms with van der Waals surface area (Å²) in [6, 6.07) is 21.7. The Labute approximate surface area is 216 Å². The molecule has 1 fully saturated rings. The normalized spacial score (nSPS) is 17.6. The highest BCUT2D eigenvalue weighted by atomic mass is 19.1. The van der Waals surface area contributed by atoms with Crippen molar-refractivity contribution >= 4 is 33.6 Å². The fourth-order valence-electron chi connectivity index (χ4n) is 5.44. The van der Waals surface area contributed by atoms with E-state index in [1.165, 1.54) is 12.1 Å². The molecule has 3 aromatic carbocycles. The molecule has 0 unspecified atom stereocenters. The van der Waals surface area contributed by atoms with E-state index in [1.807, 2.05) is 36.4 Å². The van der Waals surface area contributed by atoms with Gasteiger partial charge in [0.15, 0.2) is 0 Å². The van der Waals surface area contributed by atoms with Crippen molar-refractivity contribution in [3.05, 3.63) is 89.5 Å². The van der Waals surface area contributed by atoms with E-state index in [0.29, 0.717) is 12.6 Å². The van der Waals surface area contributed by atoms with Crippen molar-refractivity contribution in [2.24, 2.45) is 0 Å². The number of benzene rings is 3. The average Bonchev–Trinajstić information content (AvgIpc) is 3.54. The van der Waals surface area contributed by atoms with Gasteiger partial charge in [0.25, 0.3) is 0 Å². The predicted octanol–water partition coefficient (Wildman–Crippen LogP) is 5.61. The van der Waals surface area contributed by atoms with Crippen LogP contribution in [-0.4, -0.2) is 60.8 Å². The van der Waals surface area contributed by atoms with Crippen molar-refractivity contribution in [2.45, 2.75) is 18.9 Å². The van der Waals surface area contributed by atoms with Crippen molar-refractivity contribution in [3.8, 4) is 0 Å². The van der Waals surface area contributed by atoms with E-state index in [9.17, 15) is 4.39 Å². The minimum Gasteiger partial charge on any atom is -0.383 e. The molecule has 190 valence electrons. The number of likely N-dealkylation sites (tertiary alicyclic amines) is 1. The van der Waals surface area contributed by atoms with Crippen LogP contribution in [0.2, 0.25) is 0 Å². The smallest absolute Gasteiger partial charge is 0.139 e. The zero-order chi connectivity index (χ0) is 25.2. The Morgan fingerprint density at radius 3 is 2.68 bits per heavy atom. The largest absolute Gasteiger partial charge is 0.383 e. The minimum absolute atomic E-state index is 0.248. The first-order chi connectivity index (χ1) is 18.2.